The number of thioether (sulfide) groups is 1. The lowest BCUT2D eigenvalue weighted by molar-refractivity contribution is -0.166. The molecule has 0 bridgehead atoms. The molecule has 3 aliphatic rings. The monoisotopic (exact) mass is 376 g/mol. The van der Waals surface area contributed by atoms with Crippen molar-refractivity contribution >= 4 is 23.6 Å². The number of halogens is 1. The van der Waals surface area contributed by atoms with Gasteiger partial charge >= 0.3 is 0 Å². The third-order valence-electron chi connectivity index (χ3n) is 6.10. The topological polar surface area (TPSA) is 49.4 Å². The van der Waals surface area contributed by atoms with Gasteiger partial charge in [0, 0.05) is 6.04 Å². The first-order valence-corrected chi connectivity index (χ1v) is 10.7. The predicted octanol–water partition coefficient (Wildman–Crippen LogP) is 3.42. The van der Waals surface area contributed by atoms with Crippen molar-refractivity contribution in [3.8, 4) is 0 Å². The van der Waals surface area contributed by atoms with Crippen LogP contribution in [0, 0.1) is 5.82 Å². The second-order valence-electron chi connectivity index (χ2n) is 7.63. The number of hydrogen-bond donors (Lipinski definition) is 1. The third kappa shape index (κ3) is 3.13. The van der Waals surface area contributed by atoms with Crippen molar-refractivity contribution in [2.45, 2.75) is 62.6 Å². The first kappa shape index (κ1) is 17.8. The van der Waals surface area contributed by atoms with E-state index in [1.54, 1.807) is 12.1 Å². The molecule has 1 unspecified atom stereocenters. The summed E-state index contributed by atoms with van der Waals surface area (Å²) in [6.45, 7) is 0. The Morgan fingerprint density at radius 1 is 1.15 bits per heavy atom. The van der Waals surface area contributed by atoms with Gasteiger partial charge in [0.05, 0.1) is 12.5 Å². The van der Waals surface area contributed by atoms with Crippen LogP contribution >= 0.6 is 11.8 Å². The Labute approximate surface area is 157 Å². The summed E-state index contributed by atoms with van der Waals surface area (Å²) in [6.07, 6.45) is 6.18. The average molecular weight is 376 g/mol. The molecule has 26 heavy (non-hydrogen) atoms. The molecule has 4 rings (SSSR count). The molecule has 1 atom stereocenters. The van der Waals surface area contributed by atoms with Gasteiger partial charge in [0.25, 0.3) is 0 Å². The van der Waals surface area contributed by atoms with Gasteiger partial charge in [-0.3, -0.25) is 9.59 Å². The fourth-order valence-electron chi connectivity index (χ4n) is 4.58. The molecule has 6 heteroatoms. The van der Waals surface area contributed by atoms with Gasteiger partial charge in [-0.25, -0.2) is 4.39 Å². The van der Waals surface area contributed by atoms with Crippen LogP contribution in [0.15, 0.2) is 24.3 Å². The summed E-state index contributed by atoms with van der Waals surface area (Å²) < 4.78 is 13.3. The number of carbonyl (C=O) groups is 2. The molecule has 1 N–H and O–H groups in total. The fraction of sp³-hybridized carbons (Fsp3) is 0.600. The summed E-state index contributed by atoms with van der Waals surface area (Å²) in [4.78, 5) is 27.7. The van der Waals surface area contributed by atoms with E-state index in [0.29, 0.717) is 19.3 Å². The van der Waals surface area contributed by atoms with Gasteiger partial charge in [-0.2, -0.15) is 11.8 Å². The first-order chi connectivity index (χ1) is 12.6. The van der Waals surface area contributed by atoms with E-state index < -0.39 is 5.54 Å². The molecule has 2 saturated heterocycles. The van der Waals surface area contributed by atoms with Crippen LogP contribution in [-0.4, -0.2) is 39.8 Å². The molecule has 0 radical (unpaired) electrons. The molecular weight excluding hydrogens is 351 g/mol. The minimum Gasteiger partial charge on any atom is -0.351 e. The molecule has 2 heterocycles. The zero-order valence-electron chi connectivity index (χ0n) is 14.9. The summed E-state index contributed by atoms with van der Waals surface area (Å²) in [5, 5.41) is 3.24. The van der Waals surface area contributed by atoms with Crippen LogP contribution in [0.4, 0.5) is 4.39 Å². The summed E-state index contributed by atoms with van der Waals surface area (Å²) in [5.74, 6) is 1.54. The quantitative estimate of drug-likeness (QED) is 0.819. The van der Waals surface area contributed by atoms with Crippen LogP contribution in [0.1, 0.15) is 56.6 Å². The maximum atomic E-state index is 13.3. The Bertz CT molecular complexity index is 682. The Hall–Kier alpha value is -1.56. The molecule has 0 aromatic heterocycles. The highest BCUT2D eigenvalue weighted by Gasteiger charge is 2.55. The largest absolute Gasteiger partial charge is 0.351 e. The smallest absolute Gasteiger partial charge is 0.246 e. The van der Waals surface area contributed by atoms with Crippen molar-refractivity contribution in [3.05, 3.63) is 35.6 Å². The van der Waals surface area contributed by atoms with Crippen LogP contribution in [-0.2, 0) is 9.59 Å². The molecular formula is C20H25FN2O2S. The summed E-state index contributed by atoms with van der Waals surface area (Å²) >= 11 is 1.84. The number of amides is 2. The highest BCUT2D eigenvalue weighted by molar-refractivity contribution is 7.99. The molecule has 4 nitrogen and oxygen atoms in total. The van der Waals surface area contributed by atoms with Gasteiger partial charge in [-0.15, -0.1) is 0 Å². The first-order valence-electron chi connectivity index (χ1n) is 9.56. The highest BCUT2D eigenvalue weighted by atomic mass is 32.2. The van der Waals surface area contributed by atoms with Crippen LogP contribution in [0.5, 0.6) is 0 Å². The molecule has 140 valence electrons. The van der Waals surface area contributed by atoms with E-state index in [2.05, 4.69) is 5.32 Å². The average Bonchev–Trinajstić information content (AvgIpc) is 3.14. The zero-order chi connectivity index (χ0) is 18.1. The standard InChI is InChI=1S/C20H25FN2O2S/c21-15-7-5-14(6-8-15)17-13-18(24)23(17)20(9-11-26-12-10-20)19(25)22-16-3-1-2-4-16/h5-8,16-17H,1-4,9-13H2,(H,22,25). The lowest BCUT2D eigenvalue weighted by atomic mass is 9.80. The normalized spacial score (nSPS) is 25.8. The Morgan fingerprint density at radius 2 is 1.81 bits per heavy atom. The second-order valence-corrected chi connectivity index (χ2v) is 8.86. The third-order valence-corrected chi connectivity index (χ3v) is 7.08. The number of nitrogens with one attached hydrogen (secondary N) is 1. The van der Waals surface area contributed by atoms with Gasteiger partial charge in [0.2, 0.25) is 11.8 Å². The summed E-state index contributed by atoms with van der Waals surface area (Å²) in [6, 6.07) is 6.45. The summed E-state index contributed by atoms with van der Waals surface area (Å²) in [5.41, 5.74) is 0.166. The molecule has 1 aromatic rings. The van der Waals surface area contributed by atoms with Crippen molar-refractivity contribution in [1.82, 2.24) is 10.2 Å². The Kier molecular flexibility index (Phi) is 4.95. The molecule has 2 amide bonds. The van der Waals surface area contributed by atoms with Crippen molar-refractivity contribution < 1.29 is 14.0 Å². The van der Waals surface area contributed by atoms with Crippen LogP contribution in [0.2, 0.25) is 0 Å². The number of rotatable bonds is 4. The van der Waals surface area contributed by atoms with Gasteiger partial charge in [0.1, 0.15) is 11.4 Å². The Morgan fingerprint density at radius 3 is 2.42 bits per heavy atom. The maximum absolute atomic E-state index is 13.3. The minimum absolute atomic E-state index is 0.0184. The predicted molar refractivity (Wildman–Crippen MR) is 100 cm³/mol. The molecule has 0 spiro atoms. The lowest BCUT2D eigenvalue weighted by Crippen LogP contribution is -2.68. The van der Waals surface area contributed by atoms with E-state index in [-0.39, 0.29) is 29.7 Å². The van der Waals surface area contributed by atoms with Crippen LogP contribution in [0.25, 0.3) is 0 Å². The fourth-order valence-corrected chi connectivity index (χ4v) is 5.75. The van der Waals surface area contributed by atoms with E-state index in [0.717, 1.165) is 42.8 Å². The van der Waals surface area contributed by atoms with Crippen LogP contribution < -0.4 is 5.32 Å². The number of hydrogen-bond acceptors (Lipinski definition) is 3. The van der Waals surface area contributed by atoms with Crippen LogP contribution in [0.3, 0.4) is 0 Å². The highest BCUT2D eigenvalue weighted by Crippen LogP contribution is 2.46. The number of carbonyl (C=O) groups excluding carboxylic acids is 2. The van der Waals surface area contributed by atoms with E-state index in [4.69, 9.17) is 0 Å². The van der Waals surface area contributed by atoms with Gasteiger partial charge < -0.3 is 10.2 Å². The number of likely N-dealkylation sites (tertiary alicyclic amines) is 1. The van der Waals surface area contributed by atoms with Crippen molar-refractivity contribution in [2.24, 2.45) is 0 Å². The van der Waals surface area contributed by atoms with E-state index in [9.17, 15) is 14.0 Å². The van der Waals surface area contributed by atoms with Gasteiger partial charge in [-0.05, 0) is 54.9 Å². The molecule has 1 aromatic carbocycles. The molecule has 1 saturated carbocycles. The van der Waals surface area contributed by atoms with Gasteiger partial charge in [0.15, 0.2) is 0 Å². The van der Waals surface area contributed by atoms with Crippen molar-refractivity contribution in [1.29, 1.82) is 0 Å². The second kappa shape index (κ2) is 7.22. The van der Waals surface area contributed by atoms with E-state index in [1.807, 2.05) is 16.7 Å². The van der Waals surface area contributed by atoms with E-state index in [1.165, 1.54) is 12.1 Å². The minimum atomic E-state index is -0.748. The lowest BCUT2D eigenvalue weighted by Gasteiger charge is -2.54. The zero-order valence-corrected chi connectivity index (χ0v) is 15.7. The molecule has 3 fully saturated rings. The SMILES string of the molecule is O=C1CC(c2ccc(F)cc2)N1C1(C(=O)NC2CCCC2)CCSCC1. The number of β-lactam (4-membered cyclic amide) rings is 1. The molecule has 1 aliphatic carbocycles. The van der Waals surface area contributed by atoms with Gasteiger partial charge in [-0.1, -0.05) is 25.0 Å². The molecule has 2 aliphatic heterocycles. The summed E-state index contributed by atoms with van der Waals surface area (Å²) in [7, 11) is 0. The van der Waals surface area contributed by atoms with Crippen molar-refractivity contribution in [3.63, 3.8) is 0 Å². The van der Waals surface area contributed by atoms with Crippen molar-refractivity contribution in [2.75, 3.05) is 11.5 Å². The number of benzene rings is 1. The maximum Gasteiger partial charge on any atom is 0.246 e. The Balaban J connectivity index is 1.60. The number of nitrogens with zero attached hydrogens (tertiary/aromatic N) is 1. The van der Waals surface area contributed by atoms with E-state index >= 15 is 0 Å².